The molecule has 10 nitrogen and oxygen atoms in total. The highest BCUT2D eigenvalue weighted by Gasteiger charge is 2.44. The van der Waals surface area contributed by atoms with Gasteiger partial charge in [-0.15, -0.1) is 0 Å². The monoisotopic (exact) mass is 392 g/mol. The predicted octanol–water partition coefficient (Wildman–Crippen LogP) is 1.41. The Kier molecular flexibility index (Phi) is 5.76. The van der Waals surface area contributed by atoms with Gasteiger partial charge in [0.1, 0.15) is 5.78 Å². The molecule has 28 heavy (non-hydrogen) atoms. The molecule has 1 N–H and O–H groups in total. The number of anilines is 1. The van der Waals surface area contributed by atoms with Gasteiger partial charge in [-0.25, -0.2) is 0 Å². The molecule has 3 rings (SSSR count). The predicted molar refractivity (Wildman–Crippen MR) is 94.4 cm³/mol. The van der Waals surface area contributed by atoms with Gasteiger partial charge in [0.25, 0.3) is 5.91 Å². The van der Waals surface area contributed by atoms with Crippen LogP contribution in [0.4, 0.5) is 5.69 Å². The van der Waals surface area contributed by atoms with Crippen LogP contribution in [0.15, 0.2) is 18.2 Å². The van der Waals surface area contributed by atoms with E-state index in [0.29, 0.717) is 17.2 Å². The second-order valence-corrected chi connectivity index (χ2v) is 6.91. The number of nitrogens with one attached hydrogen (secondary N) is 1. The molecule has 1 aliphatic heterocycles. The maximum absolute atomic E-state index is 12.1. The van der Waals surface area contributed by atoms with Crippen molar-refractivity contribution >= 4 is 23.3 Å². The minimum atomic E-state index is -0.746. The molecule has 1 amide bonds. The fraction of sp³-hybridized carbons (Fsp3) is 0.500. The Morgan fingerprint density at radius 3 is 2.82 bits per heavy atom. The SMILES string of the molecule is C[C@H]1CC(=O)[C@@H](CC(=O)OCC(=O)Nc2ccc3c(c2)OCO3)[C@@H]1C[N+](=O)[O-]. The van der Waals surface area contributed by atoms with Crippen LogP contribution in [0.25, 0.3) is 0 Å². The van der Waals surface area contributed by atoms with Crippen molar-refractivity contribution in [3.63, 3.8) is 0 Å². The highest BCUT2D eigenvalue weighted by atomic mass is 16.7. The van der Waals surface area contributed by atoms with E-state index in [4.69, 9.17) is 14.2 Å². The van der Waals surface area contributed by atoms with Crippen LogP contribution in [0.2, 0.25) is 0 Å². The van der Waals surface area contributed by atoms with Crippen LogP contribution in [-0.2, 0) is 19.1 Å². The Labute approximate surface area is 160 Å². The van der Waals surface area contributed by atoms with E-state index in [2.05, 4.69) is 5.32 Å². The largest absolute Gasteiger partial charge is 0.456 e. The average Bonchev–Trinajstić information content (AvgIpc) is 3.19. The summed E-state index contributed by atoms with van der Waals surface area (Å²) >= 11 is 0. The molecule has 10 heteroatoms. The molecule has 1 heterocycles. The van der Waals surface area contributed by atoms with E-state index < -0.39 is 35.2 Å². The van der Waals surface area contributed by atoms with E-state index in [9.17, 15) is 24.5 Å². The molecule has 0 bridgehead atoms. The van der Waals surface area contributed by atoms with E-state index in [0.717, 1.165) is 0 Å². The van der Waals surface area contributed by atoms with Gasteiger partial charge in [0, 0.05) is 34.9 Å². The molecule has 1 fully saturated rings. The number of carbonyl (C=O) groups excluding carboxylic acids is 3. The summed E-state index contributed by atoms with van der Waals surface area (Å²) in [6.07, 6.45) is -0.0555. The van der Waals surface area contributed by atoms with E-state index in [1.165, 1.54) is 0 Å². The zero-order valence-electron chi connectivity index (χ0n) is 15.2. The molecule has 2 aliphatic rings. The number of esters is 1. The third-order valence-electron chi connectivity index (χ3n) is 4.95. The quantitative estimate of drug-likeness (QED) is 0.418. The highest BCUT2D eigenvalue weighted by molar-refractivity contribution is 5.93. The molecule has 0 radical (unpaired) electrons. The Morgan fingerprint density at radius 1 is 1.32 bits per heavy atom. The van der Waals surface area contributed by atoms with E-state index in [1.807, 2.05) is 0 Å². The molecule has 3 atom stereocenters. The van der Waals surface area contributed by atoms with Crippen LogP contribution < -0.4 is 14.8 Å². The van der Waals surface area contributed by atoms with Crippen LogP contribution in [0, 0.1) is 27.9 Å². The third-order valence-corrected chi connectivity index (χ3v) is 4.95. The molecule has 1 saturated carbocycles. The number of benzene rings is 1. The topological polar surface area (TPSA) is 134 Å². The molecular formula is C18H20N2O8. The number of ketones is 1. The van der Waals surface area contributed by atoms with Crippen LogP contribution in [-0.4, -0.2) is 42.5 Å². The Morgan fingerprint density at radius 2 is 2.07 bits per heavy atom. The Balaban J connectivity index is 1.48. The first-order valence-electron chi connectivity index (χ1n) is 8.83. The summed E-state index contributed by atoms with van der Waals surface area (Å²) in [5.74, 6) is -1.81. The lowest BCUT2D eigenvalue weighted by atomic mass is 9.88. The molecule has 0 unspecified atom stereocenters. The van der Waals surface area contributed by atoms with Crippen molar-refractivity contribution in [2.45, 2.75) is 19.8 Å². The van der Waals surface area contributed by atoms with Crippen molar-refractivity contribution in [1.82, 2.24) is 0 Å². The fourth-order valence-electron chi connectivity index (χ4n) is 3.56. The van der Waals surface area contributed by atoms with Crippen molar-refractivity contribution < 1.29 is 33.5 Å². The molecule has 0 aromatic heterocycles. The minimum absolute atomic E-state index is 0.111. The van der Waals surface area contributed by atoms with Gasteiger partial charge in [-0.3, -0.25) is 24.5 Å². The van der Waals surface area contributed by atoms with Gasteiger partial charge >= 0.3 is 5.97 Å². The number of fused-ring (bicyclic) bond motifs is 1. The number of hydrogen-bond acceptors (Lipinski definition) is 8. The first-order valence-corrected chi connectivity index (χ1v) is 8.83. The van der Waals surface area contributed by atoms with Gasteiger partial charge in [-0.2, -0.15) is 0 Å². The zero-order valence-corrected chi connectivity index (χ0v) is 15.2. The Bertz CT molecular complexity index is 809. The maximum atomic E-state index is 12.1. The second kappa shape index (κ2) is 8.24. The van der Waals surface area contributed by atoms with Gasteiger partial charge in [-0.1, -0.05) is 6.92 Å². The molecule has 1 aromatic rings. The van der Waals surface area contributed by atoms with Crippen LogP contribution in [0.1, 0.15) is 19.8 Å². The number of carbonyl (C=O) groups is 3. The normalized spacial score (nSPS) is 22.8. The van der Waals surface area contributed by atoms with Gasteiger partial charge in [-0.05, 0) is 18.1 Å². The number of ether oxygens (including phenoxy) is 3. The average molecular weight is 392 g/mol. The van der Waals surface area contributed by atoms with Crippen molar-refractivity contribution in [3.05, 3.63) is 28.3 Å². The van der Waals surface area contributed by atoms with Gasteiger partial charge in [0.2, 0.25) is 13.3 Å². The third kappa shape index (κ3) is 4.56. The fourth-order valence-corrected chi connectivity index (χ4v) is 3.56. The van der Waals surface area contributed by atoms with Gasteiger partial charge < -0.3 is 19.5 Å². The lowest BCUT2D eigenvalue weighted by Gasteiger charge is -2.17. The van der Waals surface area contributed by atoms with Gasteiger partial charge in [0.05, 0.1) is 6.42 Å². The number of nitro groups is 1. The standard InChI is InChI=1S/C18H20N2O8/c1-10-4-14(21)12(13(10)7-20(24)25)6-18(23)26-8-17(22)19-11-2-3-15-16(5-11)28-9-27-15/h2-3,5,10,12-13H,4,6-9H2,1H3,(H,19,22)/t10-,12-,13+/m0/s1. The smallest absolute Gasteiger partial charge is 0.307 e. The summed E-state index contributed by atoms with van der Waals surface area (Å²) in [7, 11) is 0. The first kappa shape index (κ1) is 19.6. The summed E-state index contributed by atoms with van der Waals surface area (Å²) in [5, 5.41) is 13.4. The lowest BCUT2D eigenvalue weighted by Crippen LogP contribution is -2.28. The molecule has 1 aliphatic carbocycles. The number of hydrogen-bond donors (Lipinski definition) is 1. The van der Waals surface area contributed by atoms with Gasteiger partial charge in [0.15, 0.2) is 18.1 Å². The molecule has 0 spiro atoms. The van der Waals surface area contributed by atoms with Crippen LogP contribution >= 0.6 is 0 Å². The molecule has 1 aromatic carbocycles. The number of nitrogens with zero attached hydrogens (tertiary/aromatic N) is 1. The van der Waals surface area contributed by atoms with Crippen molar-refractivity contribution in [3.8, 4) is 11.5 Å². The molecule has 0 saturated heterocycles. The lowest BCUT2D eigenvalue weighted by molar-refractivity contribution is -0.490. The van der Waals surface area contributed by atoms with Crippen LogP contribution in [0.5, 0.6) is 11.5 Å². The number of rotatable bonds is 7. The van der Waals surface area contributed by atoms with E-state index in [1.54, 1.807) is 25.1 Å². The number of amides is 1. The first-order chi connectivity index (χ1) is 13.3. The summed E-state index contributed by atoms with van der Waals surface area (Å²) < 4.78 is 15.3. The van der Waals surface area contributed by atoms with E-state index >= 15 is 0 Å². The number of Topliss-reactive ketones (excluding diaryl/α,β-unsaturated/α-hetero) is 1. The summed E-state index contributed by atoms with van der Waals surface area (Å²) in [5.41, 5.74) is 0.455. The van der Waals surface area contributed by atoms with Crippen molar-refractivity contribution in [1.29, 1.82) is 0 Å². The highest BCUT2D eigenvalue weighted by Crippen LogP contribution is 2.36. The zero-order chi connectivity index (χ0) is 20.3. The summed E-state index contributed by atoms with van der Waals surface area (Å²) in [4.78, 5) is 46.4. The molecule has 150 valence electrons. The molecular weight excluding hydrogens is 372 g/mol. The second-order valence-electron chi connectivity index (χ2n) is 6.91. The van der Waals surface area contributed by atoms with E-state index in [-0.39, 0.29) is 37.9 Å². The maximum Gasteiger partial charge on any atom is 0.307 e. The summed E-state index contributed by atoms with van der Waals surface area (Å²) in [6, 6.07) is 4.85. The minimum Gasteiger partial charge on any atom is -0.456 e. The van der Waals surface area contributed by atoms with Crippen LogP contribution in [0.3, 0.4) is 0 Å². The van der Waals surface area contributed by atoms with Crippen molar-refractivity contribution in [2.75, 3.05) is 25.3 Å². The Hall–Kier alpha value is -3.17. The van der Waals surface area contributed by atoms with Crippen molar-refractivity contribution in [2.24, 2.45) is 17.8 Å². The summed E-state index contributed by atoms with van der Waals surface area (Å²) in [6.45, 7) is 0.982.